The zero-order valence-electron chi connectivity index (χ0n) is 12.3. The topological polar surface area (TPSA) is 98.5 Å². The molecule has 2 aromatic rings. The van der Waals surface area contributed by atoms with Gasteiger partial charge in [-0.3, -0.25) is 14.9 Å². The minimum atomic E-state index is -0.647. The highest BCUT2D eigenvalue weighted by Gasteiger charge is 2.18. The van der Waals surface area contributed by atoms with Gasteiger partial charge in [-0.1, -0.05) is 30.3 Å². The van der Waals surface area contributed by atoms with Gasteiger partial charge in [-0.2, -0.15) is 0 Å². The van der Waals surface area contributed by atoms with E-state index in [1.807, 2.05) is 0 Å². The lowest BCUT2D eigenvalue weighted by atomic mass is 10.1. The first-order valence-corrected chi connectivity index (χ1v) is 6.75. The number of ether oxygens (including phenoxy) is 1. The fourth-order valence-electron chi connectivity index (χ4n) is 1.93. The summed E-state index contributed by atoms with van der Waals surface area (Å²) in [6, 6.07) is 12.7. The molecule has 0 fully saturated rings. The van der Waals surface area contributed by atoms with Crippen molar-refractivity contribution in [3.8, 4) is 0 Å². The van der Waals surface area contributed by atoms with Crippen LogP contribution in [0.3, 0.4) is 0 Å². The number of hydrogen-bond acceptors (Lipinski definition) is 5. The van der Waals surface area contributed by atoms with Gasteiger partial charge in [0.05, 0.1) is 10.5 Å². The van der Waals surface area contributed by atoms with Crippen LogP contribution >= 0.6 is 0 Å². The molecule has 0 aliphatic carbocycles. The van der Waals surface area contributed by atoms with Crippen LogP contribution in [0.2, 0.25) is 0 Å². The lowest BCUT2D eigenvalue weighted by Gasteiger charge is -2.09. The summed E-state index contributed by atoms with van der Waals surface area (Å²) < 4.78 is 4.88. The van der Waals surface area contributed by atoms with Crippen LogP contribution in [0.4, 0.5) is 11.4 Å². The van der Waals surface area contributed by atoms with Gasteiger partial charge in [-0.25, -0.2) is 4.79 Å². The van der Waals surface area contributed by atoms with E-state index in [0.717, 1.165) is 0 Å². The van der Waals surface area contributed by atoms with Crippen molar-refractivity contribution >= 4 is 23.3 Å². The van der Waals surface area contributed by atoms with Crippen LogP contribution in [0.15, 0.2) is 48.5 Å². The summed E-state index contributed by atoms with van der Waals surface area (Å²) in [5.41, 5.74) is 0.745. The molecule has 118 valence electrons. The Morgan fingerprint density at radius 1 is 1.13 bits per heavy atom. The van der Waals surface area contributed by atoms with Crippen LogP contribution in [-0.4, -0.2) is 23.4 Å². The van der Waals surface area contributed by atoms with E-state index < -0.39 is 23.4 Å². The molecule has 0 heterocycles. The van der Waals surface area contributed by atoms with Gasteiger partial charge in [0.15, 0.2) is 6.61 Å². The van der Waals surface area contributed by atoms with Crippen molar-refractivity contribution < 1.29 is 19.2 Å². The monoisotopic (exact) mass is 314 g/mol. The molecule has 0 unspecified atom stereocenters. The number of para-hydroxylation sites is 1. The maximum Gasteiger partial charge on any atom is 0.338 e. The van der Waals surface area contributed by atoms with Gasteiger partial charge >= 0.3 is 5.97 Å². The highest BCUT2D eigenvalue weighted by atomic mass is 16.6. The molecule has 0 aliphatic rings. The Hall–Kier alpha value is -3.22. The summed E-state index contributed by atoms with van der Waals surface area (Å²) >= 11 is 0. The molecule has 2 aromatic carbocycles. The Bertz CT molecular complexity index is 743. The average molecular weight is 314 g/mol. The average Bonchev–Trinajstić information content (AvgIpc) is 2.55. The number of benzene rings is 2. The van der Waals surface area contributed by atoms with Crippen molar-refractivity contribution in [3.05, 3.63) is 69.8 Å². The molecule has 7 nitrogen and oxygen atoms in total. The smallest absolute Gasteiger partial charge is 0.338 e. The Morgan fingerprint density at radius 2 is 1.83 bits per heavy atom. The maximum absolute atomic E-state index is 11.9. The minimum Gasteiger partial charge on any atom is -0.452 e. The molecule has 1 amide bonds. The Morgan fingerprint density at radius 3 is 2.48 bits per heavy atom. The second-order valence-electron chi connectivity index (χ2n) is 4.72. The third-order valence-corrected chi connectivity index (χ3v) is 3.06. The summed E-state index contributed by atoms with van der Waals surface area (Å²) in [6.07, 6.45) is 0. The number of anilines is 1. The predicted octanol–water partition coefficient (Wildman–Crippen LogP) is 2.70. The van der Waals surface area contributed by atoms with Crippen molar-refractivity contribution in [3.63, 3.8) is 0 Å². The molecule has 23 heavy (non-hydrogen) atoms. The summed E-state index contributed by atoms with van der Waals surface area (Å²) in [5, 5.41) is 13.4. The van der Waals surface area contributed by atoms with E-state index in [9.17, 15) is 19.7 Å². The van der Waals surface area contributed by atoms with Gasteiger partial charge in [0, 0.05) is 6.07 Å². The molecule has 7 heteroatoms. The normalized spacial score (nSPS) is 9.96. The van der Waals surface area contributed by atoms with Gasteiger partial charge in [0.25, 0.3) is 11.6 Å². The van der Waals surface area contributed by atoms with Crippen LogP contribution < -0.4 is 5.32 Å². The lowest BCUT2D eigenvalue weighted by molar-refractivity contribution is -0.384. The number of nitro benzene ring substituents is 1. The Kier molecular flexibility index (Phi) is 5.03. The molecule has 0 atom stereocenters. The molecule has 0 radical (unpaired) electrons. The number of rotatable bonds is 5. The van der Waals surface area contributed by atoms with Crippen LogP contribution in [0.5, 0.6) is 0 Å². The van der Waals surface area contributed by atoms with E-state index in [2.05, 4.69) is 5.32 Å². The van der Waals surface area contributed by atoms with Gasteiger partial charge in [0.2, 0.25) is 0 Å². The zero-order chi connectivity index (χ0) is 16.8. The Labute approximate surface area is 132 Å². The van der Waals surface area contributed by atoms with Crippen LogP contribution in [-0.2, 0) is 9.53 Å². The van der Waals surface area contributed by atoms with Crippen molar-refractivity contribution in [2.75, 3.05) is 11.9 Å². The summed E-state index contributed by atoms with van der Waals surface area (Å²) in [6.45, 7) is 1.11. The first-order chi connectivity index (χ1) is 11.0. The number of nitro groups is 1. The number of aryl methyl sites for hydroxylation is 1. The largest absolute Gasteiger partial charge is 0.452 e. The highest BCUT2D eigenvalue weighted by Crippen LogP contribution is 2.27. The van der Waals surface area contributed by atoms with Crippen LogP contribution in [0.1, 0.15) is 15.9 Å². The van der Waals surface area contributed by atoms with E-state index in [-0.39, 0.29) is 11.4 Å². The van der Waals surface area contributed by atoms with E-state index in [0.29, 0.717) is 11.1 Å². The van der Waals surface area contributed by atoms with Crippen molar-refractivity contribution in [1.82, 2.24) is 0 Å². The molecule has 0 aromatic heterocycles. The molecule has 1 N–H and O–H groups in total. The number of nitrogens with one attached hydrogen (secondary N) is 1. The Balaban J connectivity index is 2.01. The molecule has 0 spiro atoms. The zero-order valence-corrected chi connectivity index (χ0v) is 12.3. The maximum atomic E-state index is 11.9. The second kappa shape index (κ2) is 7.17. The van der Waals surface area contributed by atoms with Crippen LogP contribution in [0, 0.1) is 17.0 Å². The van der Waals surface area contributed by atoms with Gasteiger partial charge in [-0.15, -0.1) is 0 Å². The number of nitrogens with zero attached hydrogens (tertiary/aromatic N) is 1. The first kappa shape index (κ1) is 16.2. The number of amides is 1. The third-order valence-electron chi connectivity index (χ3n) is 3.06. The van der Waals surface area contributed by atoms with Crippen molar-refractivity contribution in [2.45, 2.75) is 6.92 Å². The minimum absolute atomic E-state index is 0.0956. The molecule has 0 saturated carbocycles. The van der Waals surface area contributed by atoms with E-state index >= 15 is 0 Å². The van der Waals surface area contributed by atoms with Gasteiger partial charge < -0.3 is 10.1 Å². The predicted molar refractivity (Wildman–Crippen MR) is 83.2 cm³/mol. The van der Waals surface area contributed by atoms with Gasteiger partial charge in [-0.05, 0) is 24.6 Å². The first-order valence-electron chi connectivity index (χ1n) is 6.75. The molecule has 2 rings (SSSR count). The summed E-state index contributed by atoms with van der Waals surface area (Å²) in [7, 11) is 0. The highest BCUT2D eigenvalue weighted by molar-refractivity contribution is 5.97. The third kappa shape index (κ3) is 4.13. The van der Waals surface area contributed by atoms with Crippen molar-refractivity contribution in [1.29, 1.82) is 0 Å². The van der Waals surface area contributed by atoms with E-state index in [1.165, 1.54) is 12.1 Å². The number of esters is 1. The number of carbonyl (C=O) groups excluding carboxylic acids is 2. The van der Waals surface area contributed by atoms with E-state index in [4.69, 9.17) is 4.74 Å². The molecular weight excluding hydrogens is 300 g/mol. The fraction of sp³-hybridized carbons (Fsp3) is 0.125. The fourth-order valence-corrected chi connectivity index (χ4v) is 1.93. The molecule has 0 saturated heterocycles. The molecule has 0 aliphatic heterocycles. The summed E-state index contributed by atoms with van der Waals surface area (Å²) in [4.78, 5) is 34.0. The standard InChI is InChI=1S/C16H14N2O5/c1-11-6-5-9-13(18(21)22)15(11)17-14(19)10-23-16(20)12-7-3-2-4-8-12/h2-9H,10H2,1H3,(H,17,19). The molecule has 0 bridgehead atoms. The number of carbonyl (C=O) groups is 2. The van der Waals surface area contributed by atoms with E-state index in [1.54, 1.807) is 43.3 Å². The van der Waals surface area contributed by atoms with Gasteiger partial charge in [0.1, 0.15) is 5.69 Å². The van der Waals surface area contributed by atoms with Crippen LogP contribution in [0.25, 0.3) is 0 Å². The quantitative estimate of drug-likeness (QED) is 0.519. The second-order valence-corrected chi connectivity index (χ2v) is 4.72. The SMILES string of the molecule is Cc1cccc([N+](=O)[O-])c1NC(=O)COC(=O)c1ccccc1. The number of hydrogen-bond donors (Lipinski definition) is 1. The lowest BCUT2D eigenvalue weighted by Crippen LogP contribution is -2.21. The molecular formula is C16H14N2O5. The summed E-state index contributed by atoms with van der Waals surface area (Å²) in [5.74, 6) is -1.29. The van der Waals surface area contributed by atoms with Crippen molar-refractivity contribution in [2.24, 2.45) is 0 Å².